The third kappa shape index (κ3) is 6.60. The molecule has 0 aliphatic heterocycles. The Morgan fingerprint density at radius 1 is 1.31 bits per heavy atom. The topological polar surface area (TPSA) is 121 Å². The number of nitrogens with two attached hydrogens (primary N) is 1. The number of carbonyl (C=O) groups is 2. The highest BCUT2D eigenvalue weighted by molar-refractivity contribution is 5.89. The summed E-state index contributed by atoms with van der Waals surface area (Å²) in [5, 5.41) is 3.95. The number of carbonyl (C=O) groups excluding carboxylic acids is 2. The van der Waals surface area contributed by atoms with Crippen molar-refractivity contribution in [3.05, 3.63) is 36.2 Å². The summed E-state index contributed by atoms with van der Waals surface area (Å²) in [6.07, 6.45) is -2.40. The number of hydrazine groups is 1. The molecule has 0 radical (unpaired) electrons. The van der Waals surface area contributed by atoms with Crippen LogP contribution in [-0.2, 0) is 15.7 Å². The number of ether oxygens (including phenoxy) is 2. The second-order valence-electron chi connectivity index (χ2n) is 6.17. The van der Waals surface area contributed by atoms with Gasteiger partial charge in [0.05, 0.1) is 12.2 Å². The number of benzene rings is 1. The second-order valence-corrected chi connectivity index (χ2v) is 6.17. The number of amides is 1. The van der Waals surface area contributed by atoms with Crippen LogP contribution in [-0.4, -0.2) is 33.4 Å². The molecule has 2 aromatic rings. The van der Waals surface area contributed by atoms with Gasteiger partial charge in [0, 0.05) is 17.8 Å². The van der Waals surface area contributed by atoms with E-state index in [1.807, 2.05) is 5.43 Å². The van der Waals surface area contributed by atoms with Gasteiger partial charge in [-0.3, -0.25) is 10.2 Å². The van der Waals surface area contributed by atoms with E-state index in [0.717, 1.165) is 16.8 Å². The Morgan fingerprint density at radius 2 is 2.03 bits per heavy atom. The Bertz CT molecular complexity index is 909. The molecule has 156 valence electrons. The fraction of sp³-hybridized carbons (Fsp3) is 0.294. The average Bonchev–Trinajstić information content (AvgIpc) is 3.12. The second kappa shape index (κ2) is 9.19. The van der Waals surface area contributed by atoms with E-state index < -0.39 is 23.8 Å². The molecule has 1 aromatic heterocycles. The normalized spacial score (nSPS) is 11.7. The predicted molar refractivity (Wildman–Crippen MR) is 94.9 cm³/mol. The zero-order valence-corrected chi connectivity index (χ0v) is 15.4. The van der Waals surface area contributed by atoms with Gasteiger partial charge < -0.3 is 9.47 Å². The van der Waals surface area contributed by atoms with Crippen LogP contribution in [0.15, 0.2) is 30.6 Å². The summed E-state index contributed by atoms with van der Waals surface area (Å²) in [4.78, 5) is 26.7. The van der Waals surface area contributed by atoms with Crippen molar-refractivity contribution in [2.24, 2.45) is 11.8 Å². The van der Waals surface area contributed by atoms with Gasteiger partial charge in [-0.1, -0.05) is 13.8 Å². The van der Waals surface area contributed by atoms with Gasteiger partial charge in [0.1, 0.15) is 12.1 Å². The van der Waals surface area contributed by atoms with E-state index in [1.54, 1.807) is 13.8 Å². The van der Waals surface area contributed by atoms with Crippen molar-refractivity contribution in [3.63, 3.8) is 0 Å². The SMILES string of the molecule is CC(C)COC(=O)Oc1cc(-c2ncn(C=CC(=O)NN)n2)cc(C(F)(F)F)c1. The zero-order chi connectivity index (χ0) is 21.6. The molecule has 2 rings (SSSR count). The van der Waals surface area contributed by atoms with Gasteiger partial charge in [-0.15, -0.1) is 5.10 Å². The van der Waals surface area contributed by atoms with Crippen molar-refractivity contribution in [1.82, 2.24) is 20.2 Å². The average molecular weight is 413 g/mol. The molecule has 0 atom stereocenters. The van der Waals surface area contributed by atoms with Crippen LogP contribution in [0.5, 0.6) is 5.75 Å². The lowest BCUT2D eigenvalue weighted by atomic mass is 10.1. The molecule has 1 aromatic carbocycles. The van der Waals surface area contributed by atoms with Crippen LogP contribution in [0.4, 0.5) is 18.0 Å². The molecular formula is C17H18F3N5O4. The number of nitrogens with one attached hydrogen (secondary N) is 1. The molecule has 0 unspecified atom stereocenters. The molecule has 9 nitrogen and oxygen atoms in total. The van der Waals surface area contributed by atoms with Crippen LogP contribution in [0, 0.1) is 5.92 Å². The minimum absolute atomic E-state index is 0.0298. The quantitative estimate of drug-likeness (QED) is 0.186. The molecule has 0 saturated heterocycles. The Hall–Kier alpha value is -3.41. The monoisotopic (exact) mass is 413 g/mol. The molecule has 0 spiro atoms. The number of rotatable bonds is 6. The number of alkyl halides is 3. The van der Waals surface area contributed by atoms with Crippen molar-refractivity contribution in [2.75, 3.05) is 6.61 Å². The Morgan fingerprint density at radius 3 is 2.66 bits per heavy atom. The Kier molecular flexibility index (Phi) is 6.93. The van der Waals surface area contributed by atoms with Gasteiger partial charge in [0.2, 0.25) is 0 Å². The van der Waals surface area contributed by atoms with E-state index in [-0.39, 0.29) is 29.7 Å². The highest BCUT2D eigenvalue weighted by Gasteiger charge is 2.32. The van der Waals surface area contributed by atoms with Gasteiger partial charge in [-0.05, 0) is 24.1 Å². The lowest BCUT2D eigenvalue weighted by Gasteiger charge is -2.12. The van der Waals surface area contributed by atoms with E-state index in [1.165, 1.54) is 18.6 Å². The first-order valence-corrected chi connectivity index (χ1v) is 8.25. The first kappa shape index (κ1) is 21.9. The Labute approximate surface area is 163 Å². The van der Waals surface area contributed by atoms with Gasteiger partial charge in [0.25, 0.3) is 5.91 Å². The summed E-state index contributed by atoms with van der Waals surface area (Å²) in [5.41, 5.74) is 0.755. The molecule has 0 aliphatic carbocycles. The van der Waals surface area contributed by atoms with Gasteiger partial charge in [0.15, 0.2) is 5.82 Å². The molecule has 0 aliphatic rings. The third-order valence-electron chi connectivity index (χ3n) is 3.26. The first-order chi connectivity index (χ1) is 13.6. The van der Waals surface area contributed by atoms with Crippen LogP contribution < -0.4 is 16.0 Å². The molecule has 1 heterocycles. The highest BCUT2D eigenvalue weighted by atomic mass is 19.4. The maximum atomic E-state index is 13.2. The van der Waals surface area contributed by atoms with E-state index >= 15 is 0 Å². The largest absolute Gasteiger partial charge is 0.513 e. The first-order valence-electron chi connectivity index (χ1n) is 8.25. The lowest BCUT2D eigenvalue weighted by molar-refractivity contribution is -0.137. The molecule has 0 saturated carbocycles. The van der Waals surface area contributed by atoms with Crippen LogP contribution in [0.1, 0.15) is 19.4 Å². The number of hydrogen-bond acceptors (Lipinski definition) is 7. The van der Waals surface area contributed by atoms with Crippen LogP contribution in [0.3, 0.4) is 0 Å². The molecule has 0 bridgehead atoms. The van der Waals surface area contributed by atoms with Crippen LogP contribution in [0.25, 0.3) is 17.6 Å². The van der Waals surface area contributed by atoms with Gasteiger partial charge in [-0.25, -0.2) is 20.3 Å². The number of halogens is 3. The maximum Gasteiger partial charge on any atom is 0.513 e. The molecule has 29 heavy (non-hydrogen) atoms. The minimum atomic E-state index is -4.70. The summed E-state index contributed by atoms with van der Waals surface area (Å²) < 4.78 is 50.4. The molecule has 0 fully saturated rings. The number of aromatic nitrogens is 3. The minimum Gasteiger partial charge on any atom is -0.434 e. The molecule has 12 heteroatoms. The standard InChI is InChI=1S/C17H18F3N5O4/c1-10(2)8-28-16(27)29-13-6-11(5-12(7-13)17(18,19)20)15-22-9-25(24-15)4-3-14(26)23-21/h3-7,9-10H,8,21H2,1-2H3,(H,23,26). The molecule has 1 amide bonds. The lowest BCUT2D eigenvalue weighted by Crippen LogP contribution is -2.28. The summed E-state index contributed by atoms with van der Waals surface area (Å²) in [7, 11) is 0. The summed E-state index contributed by atoms with van der Waals surface area (Å²) in [5.74, 6) is 3.88. The van der Waals surface area contributed by atoms with E-state index in [0.29, 0.717) is 6.07 Å². The summed E-state index contributed by atoms with van der Waals surface area (Å²) in [6.45, 7) is 3.64. The zero-order valence-electron chi connectivity index (χ0n) is 15.4. The van der Waals surface area contributed by atoms with Gasteiger partial charge >= 0.3 is 12.3 Å². The van der Waals surface area contributed by atoms with Gasteiger partial charge in [-0.2, -0.15) is 13.2 Å². The van der Waals surface area contributed by atoms with Crippen LogP contribution >= 0.6 is 0 Å². The van der Waals surface area contributed by atoms with Crippen molar-refractivity contribution >= 4 is 18.3 Å². The maximum absolute atomic E-state index is 13.2. The predicted octanol–water partition coefficient (Wildman–Crippen LogP) is 2.60. The fourth-order valence-corrected chi connectivity index (χ4v) is 1.98. The highest BCUT2D eigenvalue weighted by Crippen LogP contribution is 2.35. The summed E-state index contributed by atoms with van der Waals surface area (Å²) in [6, 6.07) is 2.65. The van der Waals surface area contributed by atoms with Crippen LogP contribution in [0.2, 0.25) is 0 Å². The van der Waals surface area contributed by atoms with Crippen molar-refractivity contribution in [1.29, 1.82) is 0 Å². The van der Waals surface area contributed by atoms with Crippen molar-refractivity contribution in [2.45, 2.75) is 20.0 Å². The number of nitrogens with zero attached hydrogens (tertiary/aromatic N) is 3. The van der Waals surface area contributed by atoms with E-state index in [2.05, 4.69) is 10.1 Å². The fourth-order valence-electron chi connectivity index (χ4n) is 1.98. The van der Waals surface area contributed by atoms with E-state index in [9.17, 15) is 22.8 Å². The summed E-state index contributed by atoms with van der Waals surface area (Å²) >= 11 is 0. The van der Waals surface area contributed by atoms with Crippen molar-refractivity contribution in [3.8, 4) is 17.1 Å². The smallest absolute Gasteiger partial charge is 0.434 e. The third-order valence-corrected chi connectivity index (χ3v) is 3.26. The molecule has 3 N–H and O–H groups in total. The van der Waals surface area contributed by atoms with E-state index in [4.69, 9.17) is 15.3 Å². The number of hydrogen-bond donors (Lipinski definition) is 2. The Balaban J connectivity index is 2.32. The van der Waals surface area contributed by atoms with Crippen molar-refractivity contribution < 1.29 is 32.2 Å². The molecular weight excluding hydrogens is 395 g/mol.